The second kappa shape index (κ2) is 7.14. The number of hydrogen-bond acceptors (Lipinski definition) is 6. The van der Waals surface area contributed by atoms with E-state index in [1.54, 1.807) is 19.9 Å². The zero-order valence-corrected chi connectivity index (χ0v) is 21.6. The molecule has 6 nitrogen and oxygen atoms in total. The first kappa shape index (κ1) is 24.0. The Morgan fingerprint density at radius 1 is 1.26 bits per heavy atom. The summed E-state index contributed by atoms with van der Waals surface area (Å²) in [5.41, 5.74) is -0.994. The van der Waals surface area contributed by atoms with Gasteiger partial charge in [-0.2, -0.15) is 0 Å². The minimum absolute atomic E-state index is 0.0181. The van der Waals surface area contributed by atoms with Crippen LogP contribution in [0.15, 0.2) is 34.9 Å². The molecule has 5 aliphatic rings. The molecule has 4 aliphatic carbocycles. The summed E-state index contributed by atoms with van der Waals surface area (Å²) in [5, 5.41) is 12.9. The summed E-state index contributed by atoms with van der Waals surface area (Å²) in [5.74, 6) is -1.30. The summed E-state index contributed by atoms with van der Waals surface area (Å²) >= 11 is 0. The third-order valence-corrected chi connectivity index (χ3v) is 9.65. The zero-order chi connectivity index (χ0) is 25.0. The van der Waals surface area contributed by atoms with Crippen LogP contribution in [-0.4, -0.2) is 47.1 Å². The van der Waals surface area contributed by atoms with Gasteiger partial charge in [-0.3, -0.25) is 4.79 Å². The highest BCUT2D eigenvalue weighted by Gasteiger charge is 2.77. The molecule has 8 atom stereocenters. The second-order valence-corrected chi connectivity index (χ2v) is 12.2. The van der Waals surface area contributed by atoms with Crippen molar-refractivity contribution in [2.24, 2.45) is 34.5 Å². The lowest BCUT2D eigenvalue weighted by molar-refractivity contribution is -0.303. The molecule has 1 spiro atoms. The number of ketones is 1. The SMILES string of the molecule is C/C=C(/C)C(=O)O[C@H]1C(C)=C[C@]23C(=O)[C@H](C=C4COC(C)(C)O[C@H]4[C@]12O)[C@H]1[C@@H](C[C@H]3C)C1(C)C. The number of rotatable bonds is 2. The molecular formula is C28H38O6. The van der Waals surface area contributed by atoms with Gasteiger partial charge in [-0.1, -0.05) is 39.0 Å². The number of ether oxygens (including phenoxy) is 3. The molecule has 0 aromatic carbocycles. The number of Topliss-reactive ketones (excluding diaryl/α,β-unsaturated/α-hetero) is 1. The van der Waals surface area contributed by atoms with Gasteiger partial charge in [-0.25, -0.2) is 4.79 Å². The number of carbonyl (C=O) groups is 2. The Hall–Kier alpha value is -1.76. The van der Waals surface area contributed by atoms with E-state index in [1.807, 2.05) is 32.9 Å². The van der Waals surface area contributed by atoms with E-state index in [0.717, 1.165) is 12.0 Å². The van der Waals surface area contributed by atoms with Gasteiger partial charge >= 0.3 is 5.97 Å². The third kappa shape index (κ3) is 2.85. The normalized spacial score (nSPS) is 46.1. The number of aliphatic hydroxyl groups is 1. The van der Waals surface area contributed by atoms with Gasteiger partial charge in [0.05, 0.1) is 12.0 Å². The Morgan fingerprint density at radius 3 is 2.59 bits per heavy atom. The molecule has 1 aliphatic heterocycles. The van der Waals surface area contributed by atoms with Gasteiger partial charge in [0.15, 0.2) is 23.3 Å². The number of esters is 1. The first-order valence-corrected chi connectivity index (χ1v) is 12.5. The molecule has 3 fully saturated rings. The number of carbonyl (C=O) groups excluding carboxylic acids is 2. The molecule has 1 saturated heterocycles. The van der Waals surface area contributed by atoms with Crippen molar-refractivity contribution in [3.63, 3.8) is 0 Å². The summed E-state index contributed by atoms with van der Waals surface area (Å²) in [6.07, 6.45) is 4.62. The summed E-state index contributed by atoms with van der Waals surface area (Å²) in [7, 11) is 0. The van der Waals surface area contributed by atoms with Crippen molar-refractivity contribution in [1.82, 2.24) is 0 Å². The predicted molar refractivity (Wildman–Crippen MR) is 126 cm³/mol. The fraction of sp³-hybridized carbons (Fsp3) is 0.714. The summed E-state index contributed by atoms with van der Waals surface area (Å²) in [6, 6.07) is 0. The van der Waals surface area contributed by atoms with E-state index < -0.39 is 35.0 Å². The molecule has 1 N–H and O–H groups in total. The Bertz CT molecular complexity index is 1050. The maximum atomic E-state index is 14.6. The highest BCUT2D eigenvalue weighted by Crippen LogP contribution is 2.72. The van der Waals surface area contributed by atoms with Crippen LogP contribution in [0.4, 0.5) is 0 Å². The smallest absolute Gasteiger partial charge is 0.334 e. The Morgan fingerprint density at radius 2 is 1.94 bits per heavy atom. The zero-order valence-electron chi connectivity index (χ0n) is 21.6. The van der Waals surface area contributed by atoms with Crippen LogP contribution in [0.5, 0.6) is 0 Å². The summed E-state index contributed by atoms with van der Waals surface area (Å²) < 4.78 is 18.4. The lowest BCUT2D eigenvalue weighted by Gasteiger charge is -2.52. The van der Waals surface area contributed by atoms with Crippen LogP contribution in [-0.2, 0) is 23.8 Å². The molecular weight excluding hydrogens is 432 g/mol. The summed E-state index contributed by atoms with van der Waals surface area (Å²) in [6.45, 7) is 15.8. The van der Waals surface area contributed by atoms with Gasteiger partial charge in [0.1, 0.15) is 6.10 Å². The van der Waals surface area contributed by atoms with Crippen LogP contribution in [0.2, 0.25) is 0 Å². The van der Waals surface area contributed by atoms with Crippen molar-refractivity contribution in [2.45, 2.75) is 85.4 Å². The average molecular weight is 471 g/mol. The first-order chi connectivity index (χ1) is 15.7. The highest BCUT2D eigenvalue weighted by molar-refractivity contribution is 5.96. The van der Waals surface area contributed by atoms with Crippen LogP contribution in [0.25, 0.3) is 0 Å². The van der Waals surface area contributed by atoms with Gasteiger partial charge in [-0.05, 0) is 75.4 Å². The number of hydrogen-bond donors (Lipinski definition) is 1. The van der Waals surface area contributed by atoms with E-state index in [9.17, 15) is 14.7 Å². The molecule has 0 unspecified atom stereocenters. The van der Waals surface area contributed by atoms with Crippen molar-refractivity contribution < 1.29 is 28.9 Å². The molecule has 186 valence electrons. The van der Waals surface area contributed by atoms with Crippen LogP contribution >= 0.6 is 0 Å². The molecule has 5 rings (SSSR count). The Labute approximate surface area is 202 Å². The Balaban J connectivity index is 1.72. The van der Waals surface area contributed by atoms with Gasteiger partial charge in [-0.15, -0.1) is 0 Å². The van der Waals surface area contributed by atoms with Gasteiger partial charge in [0, 0.05) is 11.5 Å². The van der Waals surface area contributed by atoms with Crippen LogP contribution in [0.1, 0.15) is 61.8 Å². The summed E-state index contributed by atoms with van der Waals surface area (Å²) in [4.78, 5) is 27.5. The minimum atomic E-state index is -1.76. The minimum Gasteiger partial charge on any atom is -0.451 e. The van der Waals surface area contributed by atoms with Gasteiger partial charge < -0.3 is 19.3 Å². The molecule has 0 aromatic heterocycles. The van der Waals surface area contributed by atoms with E-state index in [4.69, 9.17) is 14.2 Å². The number of allylic oxidation sites excluding steroid dienone is 2. The fourth-order valence-electron chi connectivity index (χ4n) is 7.62. The standard InChI is InChI=1S/C28H38O6/c1-9-14(2)24(30)33-22-15(3)12-27-16(4)10-19-20(25(19,5)6)18(21(27)29)11-17-13-32-26(7,8)34-23(17)28(22,27)31/h9,11-12,16,18-20,22-23,31H,10,13H2,1-8H3/b14-9-/t16-,18-,19-,20+,22+,23-,27+,28-/m1/s1. The molecule has 34 heavy (non-hydrogen) atoms. The topological polar surface area (TPSA) is 82.1 Å². The molecule has 2 saturated carbocycles. The van der Waals surface area contributed by atoms with Gasteiger partial charge in [0.2, 0.25) is 0 Å². The van der Waals surface area contributed by atoms with Crippen molar-refractivity contribution in [3.05, 3.63) is 34.9 Å². The van der Waals surface area contributed by atoms with E-state index in [-0.39, 0.29) is 35.6 Å². The van der Waals surface area contributed by atoms with E-state index >= 15 is 0 Å². The average Bonchev–Trinajstić information content (AvgIpc) is 3.25. The van der Waals surface area contributed by atoms with E-state index in [2.05, 4.69) is 20.8 Å². The van der Waals surface area contributed by atoms with Gasteiger partial charge in [0.25, 0.3) is 0 Å². The van der Waals surface area contributed by atoms with Crippen molar-refractivity contribution in [3.8, 4) is 0 Å². The van der Waals surface area contributed by atoms with Crippen molar-refractivity contribution >= 4 is 11.8 Å². The fourth-order valence-corrected chi connectivity index (χ4v) is 7.62. The number of fused-ring (bicyclic) bond motifs is 5. The largest absolute Gasteiger partial charge is 0.451 e. The molecule has 0 radical (unpaired) electrons. The lowest BCUT2D eigenvalue weighted by Crippen LogP contribution is -2.68. The van der Waals surface area contributed by atoms with Crippen molar-refractivity contribution in [1.29, 1.82) is 0 Å². The maximum Gasteiger partial charge on any atom is 0.334 e. The molecule has 1 heterocycles. The van der Waals surface area contributed by atoms with Crippen LogP contribution in [0.3, 0.4) is 0 Å². The highest BCUT2D eigenvalue weighted by atomic mass is 16.7. The quantitative estimate of drug-likeness (QED) is 0.371. The molecule has 0 amide bonds. The van der Waals surface area contributed by atoms with Crippen molar-refractivity contribution in [2.75, 3.05) is 6.61 Å². The molecule has 6 heteroatoms. The van der Waals surface area contributed by atoms with Crippen LogP contribution < -0.4 is 0 Å². The van der Waals surface area contributed by atoms with E-state index in [1.165, 1.54) is 0 Å². The molecule has 0 aromatic rings. The van der Waals surface area contributed by atoms with E-state index in [0.29, 0.717) is 17.1 Å². The predicted octanol–water partition coefficient (Wildman–Crippen LogP) is 4.13. The lowest BCUT2D eigenvalue weighted by atomic mass is 9.59. The van der Waals surface area contributed by atoms with Crippen LogP contribution in [0, 0.1) is 34.5 Å². The maximum absolute atomic E-state index is 14.6. The first-order valence-electron chi connectivity index (χ1n) is 12.5. The monoisotopic (exact) mass is 470 g/mol. The molecule has 2 bridgehead atoms. The second-order valence-electron chi connectivity index (χ2n) is 12.2. The third-order valence-electron chi connectivity index (χ3n) is 9.65. The Kier molecular flexibility index (Phi) is 5.03.